The molecule has 0 saturated heterocycles. The van der Waals surface area contributed by atoms with Crippen LogP contribution in [0.25, 0.3) is 0 Å². The highest BCUT2D eigenvalue weighted by molar-refractivity contribution is 5.96. The van der Waals surface area contributed by atoms with Crippen LogP contribution >= 0.6 is 0 Å². The molecule has 2 heterocycles. The quantitative estimate of drug-likeness (QED) is 0.926. The first kappa shape index (κ1) is 12.8. The van der Waals surface area contributed by atoms with Crippen LogP contribution in [0.5, 0.6) is 0 Å². The Morgan fingerprint density at radius 1 is 1.40 bits per heavy atom. The van der Waals surface area contributed by atoms with Crippen LogP contribution in [-0.2, 0) is 6.54 Å². The highest BCUT2D eigenvalue weighted by Gasteiger charge is 2.34. The molecule has 3 rings (SSSR count). The Hall–Kier alpha value is -2.17. The van der Waals surface area contributed by atoms with Crippen LogP contribution in [0.1, 0.15) is 40.3 Å². The molecule has 0 aliphatic heterocycles. The van der Waals surface area contributed by atoms with Crippen molar-refractivity contribution >= 4 is 5.91 Å². The number of rotatable bonds is 4. The van der Waals surface area contributed by atoms with Gasteiger partial charge in [-0.15, -0.1) is 0 Å². The van der Waals surface area contributed by atoms with Gasteiger partial charge in [0, 0.05) is 17.9 Å². The second-order valence-corrected chi connectivity index (χ2v) is 5.29. The molecule has 1 amide bonds. The van der Waals surface area contributed by atoms with E-state index in [2.05, 4.69) is 15.2 Å². The molecule has 0 atom stereocenters. The van der Waals surface area contributed by atoms with Gasteiger partial charge in [0.05, 0.1) is 23.5 Å². The number of carbonyl (C=O) groups is 1. The maximum atomic E-state index is 12.8. The number of nitrogens with one attached hydrogen (secondary N) is 1. The van der Waals surface area contributed by atoms with Crippen LogP contribution in [0, 0.1) is 13.8 Å². The fraction of sp³-hybridized carbons (Fsp3) is 0.400. The normalized spacial score (nSPS) is 14.3. The Morgan fingerprint density at radius 2 is 2.20 bits per heavy atom. The number of aryl methyl sites for hydroxylation is 2. The lowest BCUT2D eigenvalue weighted by Crippen LogP contribution is -2.33. The number of hydrogen-bond acceptors (Lipinski definition) is 3. The fourth-order valence-electron chi connectivity index (χ4n) is 2.43. The minimum atomic E-state index is 0.0573. The number of hydrogen-bond donors (Lipinski definition) is 1. The molecular formula is C15H18N4O. The average molecular weight is 270 g/mol. The first-order valence-corrected chi connectivity index (χ1v) is 6.89. The summed E-state index contributed by atoms with van der Waals surface area (Å²) in [4.78, 5) is 19.0. The summed E-state index contributed by atoms with van der Waals surface area (Å²) in [5.74, 6) is 0.0573. The number of H-pyrrole nitrogens is 1. The van der Waals surface area contributed by atoms with Crippen molar-refractivity contribution in [2.75, 3.05) is 0 Å². The monoisotopic (exact) mass is 270 g/mol. The van der Waals surface area contributed by atoms with Crippen molar-refractivity contribution in [3.8, 4) is 0 Å². The van der Waals surface area contributed by atoms with Crippen molar-refractivity contribution < 1.29 is 4.79 Å². The molecule has 1 aliphatic carbocycles. The van der Waals surface area contributed by atoms with Gasteiger partial charge in [0.2, 0.25) is 0 Å². The number of carbonyl (C=O) groups excluding carboxylic acids is 1. The van der Waals surface area contributed by atoms with E-state index in [1.165, 1.54) is 0 Å². The molecule has 20 heavy (non-hydrogen) atoms. The van der Waals surface area contributed by atoms with Crippen molar-refractivity contribution in [2.45, 2.75) is 39.3 Å². The fourth-order valence-corrected chi connectivity index (χ4v) is 2.43. The molecule has 1 N–H and O–H groups in total. The van der Waals surface area contributed by atoms with Gasteiger partial charge in [-0.05, 0) is 38.8 Å². The number of aromatic amines is 1. The standard InChI is InChI=1S/C15H18N4O/c1-10-14(11(2)18-17-10)15(20)19(13-6-7-13)9-12-5-3-4-8-16-12/h3-5,8,13H,6-7,9H2,1-2H3,(H,17,18). The second-order valence-electron chi connectivity index (χ2n) is 5.29. The van der Waals surface area contributed by atoms with Crippen molar-refractivity contribution in [1.82, 2.24) is 20.1 Å². The van der Waals surface area contributed by atoms with E-state index < -0.39 is 0 Å². The van der Waals surface area contributed by atoms with Crippen molar-refractivity contribution in [2.24, 2.45) is 0 Å². The van der Waals surface area contributed by atoms with Crippen LogP contribution in [0.4, 0.5) is 0 Å². The largest absolute Gasteiger partial charge is 0.330 e. The first-order chi connectivity index (χ1) is 9.66. The van der Waals surface area contributed by atoms with Gasteiger partial charge in [0.25, 0.3) is 5.91 Å². The van der Waals surface area contributed by atoms with E-state index in [4.69, 9.17) is 0 Å². The molecule has 0 spiro atoms. The number of nitrogens with zero attached hydrogens (tertiary/aromatic N) is 3. The summed E-state index contributed by atoms with van der Waals surface area (Å²) < 4.78 is 0. The van der Waals surface area contributed by atoms with E-state index in [0.29, 0.717) is 18.2 Å². The number of amides is 1. The molecule has 1 fully saturated rings. The Kier molecular flexibility index (Phi) is 3.26. The second kappa shape index (κ2) is 5.07. The van der Waals surface area contributed by atoms with Gasteiger partial charge < -0.3 is 4.90 Å². The molecule has 2 aromatic heterocycles. The summed E-state index contributed by atoms with van der Waals surface area (Å²) in [5, 5.41) is 7.00. The third kappa shape index (κ3) is 2.43. The lowest BCUT2D eigenvalue weighted by Gasteiger charge is -2.22. The van der Waals surface area contributed by atoms with Gasteiger partial charge in [-0.1, -0.05) is 6.07 Å². The lowest BCUT2D eigenvalue weighted by molar-refractivity contribution is 0.0726. The topological polar surface area (TPSA) is 61.9 Å². The van der Waals surface area contributed by atoms with Gasteiger partial charge in [-0.3, -0.25) is 14.9 Å². The van der Waals surface area contributed by atoms with Crippen molar-refractivity contribution in [3.63, 3.8) is 0 Å². The highest BCUT2D eigenvalue weighted by atomic mass is 16.2. The molecule has 1 aliphatic rings. The molecule has 0 unspecified atom stereocenters. The third-order valence-electron chi connectivity index (χ3n) is 3.65. The van der Waals surface area contributed by atoms with Crippen LogP contribution in [0.2, 0.25) is 0 Å². The maximum Gasteiger partial charge on any atom is 0.258 e. The van der Waals surface area contributed by atoms with Crippen molar-refractivity contribution in [3.05, 3.63) is 47.0 Å². The molecule has 5 nitrogen and oxygen atoms in total. The lowest BCUT2D eigenvalue weighted by atomic mass is 10.1. The van der Waals surface area contributed by atoms with Crippen molar-refractivity contribution in [1.29, 1.82) is 0 Å². The summed E-state index contributed by atoms with van der Waals surface area (Å²) in [6.07, 6.45) is 3.92. The first-order valence-electron chi connectivity index (χ1n) is 6.89. The summed E-state index contributed by atoms with van der Waals surface area (Å²) in [6, 6.07) is 6.14. The minimum absolute atomic E-state index is 0.0573. The van der Waals surface area contributed by atoms with Gasteiger partial charge in [-0.2, -0.15) is 5.10 Å². The Balaban J connectivity index is 1.86. The molecule has 0 bridgehead atoms. The van der Waals surface area contributed by atoms with Crippen LogP contribution in [-0.4, -0.2) is 32.0 Å². The van der Waals surface area contributed by atoms with Crippen LogP contribution in [0.15, 0.2) is 24.4 Å². The van der Waals surface area contributed by atoms with E-state index in [1.807, 2.05) is 36.9 Å². The van der Waals surface area contributed by atoms with E-state index in [1.54, 1.807) is 6.20 Å². The predicted molar refractivity (Wildman–Crippen MR) is 75.2 cm³/mol. The van der Waals surface area contributed by atoms with E-state index >= 15 is 0 Å². The average Bonchev–Trinajstić information content (AvgIpc) is 3.23. The molecule has 2 aromatic rings. The van der Waals surface area contributed by atoms with E-state index in [-0.39, 0.29) is 5.91 Å². The zero-order chi connectivity index (χ0) is 14.1. The number of pyridine rings is 1. The van der Waals surface area contributed by atoms with Crippen LogP contribution < -0.4 is 0 Å². The molecule has 5 heteroatoms. The minimum Gasteiger partial charge on any atom is -0.330 e. The zero-order valence-corrected chi connectivity index (χ0v) is 11.8. The Morgan fingerprint density at radius 3 is 2.75 bits per heavy atom. The zero-order valence-electron chi connectivity index (χ0n) is 11.8. The maximum absolute atomic E-state index is 12.8. The molecule has 104 valence electrons. The smallest absolute Gasteiger partial charge is 0.258 e. The van der Waals surface area contributed by atoms with Gasteiger partial charge in [0.15, 0.2) is 0 Å². The van der Waals surface area contributed by atoms with E-state index in [0.717, 1.165) is 29.9 Å². The van der Waals surface area contributed by atoms with Gasteiger partial charge in [0.1, 0.15) is 0 Å². The summed E-state index contributed by atoms with van der Waals surface area (Å²) in [5.41, 5.74) is 3.22. The summed E-state index contributed by atoms with van der Waals surface area (Å²) in [7, 11) is 0. The molecule has 0 aromatic carbocycles. The Labute approximate surface area is 118 Å². The highest BCUT2D eigenvalue weighted by Crippen LogP contribution is 2.30. The van der Waals surface area contributed by atoms with Gasteiger partial charge >= 0.3 is 0 Å². The third-order valence-corrected chi connectivity index (χ3v) is 3.65. The van der Waals surface area contributed by atoms with E-state index in [9.17, 15) is 4.79 Å². The van der Waals surface area contributed by atoms with Gasteiger partial charge in [-0.25, -0.2) is 0 Å². The predicted octanol–water partition coefficient (Wildman–Crippen LogP) is 2.23. The Bertz CT molecular complexity index is 597. The SMILES string of the molecule is Cc1n[nH]c(C)c1C(=O)N(Cc1ccccn1)C1CC1. The molecule has 1 saturated carbocycles. The number of aromatic nitrogens is 3. The summed E-state index contributed by atoms with van der Waals surface area (Å²) >= 11 is 0. The van der Waals surface area contributed by atoms with Crippen LogP contribution in [0.3, 0.4) is 0 Å². The molecule has 0 radical (unpaired) electrons. The molecular weight excluding hydrogens is 252 g/mol. The summed E-state index contributed by atoms with van der Waals surface area (Å²) in [6.45, 7) is 4.32.